The lowest BCUT2D eigenvalue weighted by Gasteiger charge is -2.07. The molecule has 0 fully saturated rings. The number of para-hydroxylation sites is 1. The molecule has 0 amide bonds. The maximum Gasteiger partial charge on any atom is 0.295 e. The third-order valence-electron chi connectivity index (χ3n) is 2.73. The molecule has 1 heterocycles. The topological polar surface area (TPSA) is 85.9 Å². The van der Waals surface area contributed by atoms with Gasteiger partial charge < -0.3 is 5.32 Å². The minimum atomic E-state index is -0.364. The fourth-order valence-corrected chi connectivity index (χ4v) is 1.85. The smallest absolute Gasteiger partial charge is 0.295 e. The van der Waals surface area contributed by atoms with Crippen molar-refractivity contribution in [3.8, 4) is 0 Å². The molecule has 0 spiro atoms. The van der Waals surface area contributed by atoms with Crippen molar-refractivity contribution in [1.29, 1.82) is 0 Å². The summed E-state index contributed by atoms with van der Waals surface area (Å²) in [4.78, 5) is 14.8. The van der Waals surface area contributed by atoms with Crippen molar-refractivity contribution >= 4 is 11.4 Å². The van der Waals surface area contributed by atoms with Crippen LogP contribution in [0.3, 0.4) is 0 Å². The SMILES string of the molecule is Cc1cccc(NCCc2ncn(C)n2)c1[N+](=O)[O-]. The van der Waals surface area contributed by atoms with E-state index in [1.54, 1.807) is 43.2 Å². The maximum atomic E-state index is 11.0. The van der Waals surface area contributed by atoms with Gasteiger partial charge in [-0.1, -0.05) is 12.1 Å². The predicted molar refractivity (Wildman–Crippen MR) is 71.0 cm³/mol. The van der Waals surface area contributed by atoms with Crippen LogP contribution in [0.4, 0.5) is 11.4 Å². The van der Waals surface area contributed by atoms with Gasteiger partial charge in [-0.25, -0.2) is 4.98 Å². The average Bonchev–Trinajstić information content (AvgIpc) is 2.74. The molecule has 1 aromatic carbocycles. The molecule has 0 aliphatic carbocycles. The molecule has 7 heteroatoms. The molecule has 100 valence electrons. The van der Waals surface area contributed by atoms with Gasteiger partial charge in [0.15, 0.2) is 5.82 Å². The van der Waals surface area contributed by atoms with E-state index in [1.165, 1.54) is 0 Å². The van der Waals surface area contributed by atoms with Crippen molar-refractivity contribution < 1.29 is 4.92 Å². The molecule has 0 saturated heterocycles. The largest absolute Gasteiger partial charge is 0.379 e. The summed E-state index contributed by atoms with van der Waals surface area (Å²) < 4.78 is 1.63. The molecule has 0 aliphatic heterocycles. The van der Waals surface area contributed by atoms with Crippen LogP contribution in [0.2, 0.25) is 0 Å². The van der Waals surface area contributed by atoms with E-state index in [1.807, 2.05) is 0 Å². The van der Waals surface area contributed by atoms with Crippen molar-refractivity contribution in [2.24, 2.45) is 7.05 Å². The first-order valence-electron chi connectivity index (χ1n) is 5.90. The highest BCUT2D eigenvalue weighted by Crippen LogP contribution is 2.27. The average molecular weight is 261 g/mol. The molecule has 0 aliphatic rings. The Morgan fingerprint density at radius 1 is 1.47 bits per heavy atom. The van der Waals surface area contributed by atoms with E-state index in [2.05, 4.69) is 15.4 Å². The van der Waals surface area contributed by atoms with Crippen LogP contribution >= 0.6 is 0 Å². The third-order valence-corrected chi connectivity index (χ3v) is 2.73. The summed E-state index contributed by atoms with van der Waals surface area (Å²) in [6.07, 6.45) is 2.25. The highest BCUT2D eigenvalue weighted by molar-refractivity contribution is 5.64. The van der Waals surface area contributed by atoms with Crippen molar-refractivity contribution in [3.63, 3.8) is 0 Å². The number of aryl methyl sites for hydroxylation is 2. The van der Waals surface area contributed by atoms with E-state index in [9.17, 15) is 10.1 Å². The van der Waals surface area contributed by atoms with Crippen LogP contribution in [0.1, 0.15) is 11.4 Å². The Hall–Kier alpha value is -2.44. The monoisotopic (exact) mass is 261 g/mol. The highest BCUT2D eigenvalue weighted by atomic mass is 16.6. The molecule has 0 radical (unpaired) electrons. The fourth-order valence-electron chi connectivity index (χ4n) is 1.85. The molecular weight excluding hydrogens is 246 g/mol. The standard InChI is InChI=1S/C12H15N5O2/c1-9-4-3-5-10(12(9)17(18)19)13-7-6-11-14-8-16(2)15-11/h3-5,8,13H,6-7H2,1-2H3. The van der Waals surface area contributed by atoms with Gasteiger partial charge in [0.25, 0.3) is 5.69 Å². The van der Waals surface area contributed by atoms with E-state index in [0.717, 1.165) is 0 Å². The van der Waals surface area contributed by atoms with Crippen LogP contribution in [-0.4, -0.2) is 26.2 Å². The number of hydrogen-bond donors (Lipinski definition) is 1. The van der Waals surface area contributed by atoms with Crippen LogP contribution in [-0.2, 0) is 13.5 Å². The third kappa shape index (κ3) is 3.06. The zero-order valence-corrected chi connectivity index (χ0v) is 10.8. The predicted octanol–water partition coefficient (Wildman–Crippen LogP) is 1.69. The summed E-state index contributed by atoms with van der Waals surface area (Å²) in [6, 6.07) is 5.23. The second kappa shape index (κ2) is 5.47. The van der Waals surface area contributed by atoms with E-state index in [4.69, 9.17) is 0 Å². The molecule has 1 aromatic heterocycles. The van der Waals surface area contributed by atoms with Gasteiger partial charge in [-0.15, -0.1) is 0 Å². The van der Waals surface area contributed by atoms with Gasteiger partial charge in [-0.2, -0.15) is 5.10 Å². The molecule has 0 saturated carbocycles. The lowest BCUT2D eigenvalue weighted by molar-refractivity contribution is -0.384. The Morgan fingerprint density at radius 3 is 2.89 bits per heavy atom. The molecule has 0 bridgehead atoms. The van der Waals surface area contributed by atoms with Gasteiger partial charge in [0.05, 0.1) is 4.92 Å². The van der Waals surface area contributed by atoms with E-state index >= 15 is 0 Å². The molecular formula is C12H15N5O2. The normalized spacial score (nSPS) is 10.4. The van der Waals surface area contributed by atoms with Gasteiger partial charge in [0.1, 0.15) is 12.0 Å². The molecule has 0 unspecified atom stereocenters. The number of nitrogens with one attached hydrogen (secondary N) is 1. The number of rotatable bonds is 5. The van der Waals surface area contributed by atoms with Gasteiger partial charge in [-0.05, 0) is 13.0 Å². The number of anilines is 1. The maximum absolute atomic E-state index is 11.0. The summed E-state index contributed by atoms with van der Waals surface area (Å²) >= 11 is 0. The summed E-state index contributed by atoms with van der Waals surface area (Å²) in [5.74, 6) is 0.713. The number of benzene rings is 1. The molecule has 19 heavy (non-hydrogen) atoms. The summed E-state index contributed by atoms with van der Waals surface area (Å²) in [6.45, 7) is 2.28. The first-order chi connectivity index (χ1) is 9.08. The fraction of sp³-hybridized carbons (Fsp3) is 0.333. The minimum absolute atomic E-state index is 0.122. The molecule has 0 atom stereocenters. The summed E-state index contributed by atoms with van der Waals surface area (Å²) in [5.41, 5.74) is 1.29. The second-order valence-electron chi connectivity index (χ2n) is 4.24. The Kier molecular flexibility index (Phi) is 3.74. The molecule has 2 aromatic rings. The Balaban J connectivity index is 2.03. The number of nitrogens with zero attached hydrogens (tertiary/aromatic N) is 4. The number of nitro benzene ring substituents is 1. The van der Waals surface area contributed by atoms with E-state index in [-0.39, 0.29) is 10.6 Å². The number of hydrogen-bond acceptors (Lipinski definition) is 5. The number of nitro groups is 1. The van der Waals surface area contributed by atoms with Crippen LogP contribution in [0.15, 0.2) is 24.5 Å². The summed E-state index contributed by atoms with van der Waals surface area (Å²) in [7, 11) is 1.80. The second-order valence-corrected chi connectivity index (χ2v) is 4.24. The van der Waals surface area contributed by atoms with Crippen molar-refractivity contribution in [1.82, 2.24) is 14.8 Å². The first kappa shape index (κ1) is 13.0. The Morgan fingerprint density at radius 2 is 2.26 bits per heavy atom. The van der Waals surface area contributed by atoms with E-state index in [0.29, 0.717) is 30.0 Å². The lowest BCUT2D eigenvalue weighted by atomic mass is 10.1. The van der Waals surface area contributed by atoms with Crippen LogP contribution in [0.5, 0.6) is 0 Å². The Labute approximate surface area is 110 Å². The van der Waals surface area contributed by atoms with E-state index < -0.39 is 0 Å². The Bertz CT molecular complexity index is 594. The van der Waals surface area contributed by atoms with Crippen LogP contribution in [0, 0.1) is 17.0 Å². The molecule has 2 rings (SSSR count). The quantitative estimate of drug-likeness (QED) is 0.653. The van der Waals surface area contributed by atoms with Crippen molar-refractivity contribution in [2.75, 3.05) is 11.9 Å². The van der Waals surface area contributed by atoms with Crippen molar-refractivity contribution in [3.05, 3.63) is 46.0 Å². The zero-order chi connectivity index (χ0) is 13.8. The summed E-state index contributed by atoms with van der Waals surface area (Å²) in [5, 5.41) is 18.2. The van der Waals surface area contributed by atoms with Crippen molar-refractivity contribution in [2.45, 2.75) is 13.3 Å². The van der Waals surface area contributed by atoms with Gasteiger partial charge in [0, 0.05) is 25.6 Å². The molecule has 1 N–H and O–H groups in total. The first-order valence-corrected chi connectivity index (χ1v) is 5.90. The zero-order valence-electron chi connectivity index (χ0n) is 10.8. The van der Waals surface area contributed by atoms with Crippen LogP contribution < -0.4 is 5.32 Å². The number of aromatic nitrogens is 3. The lowest BCUT2D eigenvalue weighted by Crippen LogP contribution is -2.08. The highest BCUT2D eigenvalue weighted by Gasteiger charge is 2.16. The van der Waals surface area contributed by atoms with Gasteiger partial charge in [-0.3, -0.25) is 14.8 Å². The van der Waals surface area contributed by atoms with Gasteiger partial charge >= 0.3 is 0 Å². The minimum Gasteiger partial charge on any atom is -0.379 e. The molecule has 7 nitrogen and oxygen atoms in total. The van der Waals surface area contributed by atoms with Gasteiger partial charge in [0.2, 0.25) is 0 Å². The van der Waals surface area contributed by atoms with Crippen LogP contribution in [0.25, 0.3) is 0 Å².